The summed E-state index contributed by atoms with van der Waals surface area (Å²) in [4.78, 5) is 0.359. The molecular weight excluding hydrogens is 316 g/mol. The number of benzene rings is 1. The Morgan fingerprint density at radius 3 is 2.61 bits per heavy atom. The zero-order chi connectivity index (χ0) is 16.4. The first kappa shape index (κ1) is 16.0. The van der Waals surface area contributed by atoms with Gasteiger partial charge in [0.2, 0.25) is 10.0 Å². The number of aryl methyl sites for hydroxylation is 1. The van der Waals surface area contributed by atoms with E-state index in [1.807, 2.05) is 13.0 Å². The molecule has 7 heteroatoms. The van der Waals surface area contributed by atoms with Crippen LogP contribution in [-0.2, 0) is 10.0 Å². The lowest BCUT2D eigenvalue weighted by atomic mass is 9.96. The fraction of sp³-hybridized carbons (Fsp3) is 0.438. The molecule has 2 heterocycles. The van der Waals surface area contributed by atoms with Crippen LogP contribution in [0.4, 0.5) is 0 Å². The highest BCUT2D eigenvalue weighted by Crippen LogP contribution is 2.32. The van der Waals surface area contributed by atoms with Gasteiger partial charge >= 0.3 is 0 Å². The van der Waals surface area contributed by atoms with Crippen molar-refractivity contribution in [1.29, 1.82) is 0 Å². The summed E-state index contributed by atoms with van der Waals surface area (Å²) in [5.41, 5.74) is 0.940. The Balaban J connectivity index is 1.71. The smallest absolute Gasteiger partial charge is 0.254 e. The SMILES string of the molecule is COc1cc(C2CCN(S(=O)(=O)c3cccc(C)c3)CC2)on1. The number of hydrogen-bond acceptors (Lipinski definition) is 5. The van der Waals surface area contributed by atoms with E-state index < -0.39 is 10.0 Å². The normalized spacial score (nSPS) is 17.3. The molecule has 0 aliphatic carbocycles. The molecule has 6 nitrogen and oxygen atoms in total. The van der Waals surface area contributed by atoms with Crippen molar-refractivity contribution in [3.05, 3.63) is 41.7 Å². The molecule has 1 aromatic heterocycles. The number of hydrogen-bond donors (Lipinski definition) is 0. The van der Waals surface area contributed by atoms with E-state index in [2.05, 4.69) is 5.16 Å². The van der Waals surface area contributed by atoms with E-state index >= 15 is 0 Å². The van der Waals surface area contributed by atoms with Crippen LogP contribution in [0.25, 0.3) is 0 Å². The minimum absolute atomic E-state index is 0.176. The van der Waals surface area contributed by atoms with Crippen LogP contribution in [0.5, 0.6) is 5.88 Å². The van der Waals surface area contributed by atoms with Gasteiger partial charge in [-0.1, -0.05) is 12.1 Å². The first-order valence-corrected chi connectivity index (χ1v) is 9.02. The lowest BCUT2D eigenvalue weighted by Crippen LogP contribution is -2.37. The molecule has 0 spiro atoms. The van der Waals surface area contributed by atoms with E-state index in [0.717, 1.165) is 11.3 Å². The summed E-state index contributed by atoms with van der Waals surface area (Å²) in [7, 11) is -1.89. The van der Waals surface area contributed by atoms with Crippen LogP contribution >= 0.6 is 0 Å². The van der Waals surface area contributed by atoms with Crippen LogP contribution in [0, 0.1) is 6.92 Å². The molecule has 0 atom stereocenters. The Kier molecular flexibility index (Phi) is 4.41. The number of nitrogens with zero attached hydrogens (tertiary/aromatic N) is 2. The van der Waals surface area contributed by atoms with Crippen LogP contribution in [0.2, 0.25) is 0 Å². The maximum absolute atomic E-state index is 12.7. The summed E-state index contributed by atoms with van der Waals surface area (Å²) in [5.74, 6) is 1.39. The van der Waals surface area contributed by atoms with Crippen LogP contribution in [0.15, 0.2) is 39.8 Å². The maximum Gasteiger partial charge on any atom is 0.254 e. The van der Waals surface area contributed by atoms with Gasteiger partial charge in [-0.25, -0.2) is 8.42 Å². The highest BCUT2D eigenvalue weighted by Gasteiger charge is 2.31. The third-order valence-electron chi connectivity index (χ3n) is 4.20. The monoisotopic (exact) mass is 336 g/mol. The van der Waals surface area contributed by atoms with Crippen molar-refractivity contribution < 1.29 is 17.7 Å². The van der Waals surface area contributed by atoms with Crippen LogP contribution in [0.1, 0.15) is 30.1 Å². The van der Waals surface area contributed by atoms with E-state index in [-0.39, 0.29) is 5.92 Å². The van der Waals surface area contributed by atoms with Crippen molar-refractivity contribution in [2.75, 3.05) is 20.2 Å². The molecule has 23 heavy (non-hydrogen) atoms. The summed E-state index contributed by atoms with van der Waals surface area (Å²) in [6.07, 6.45) is 1.42. The third-order valence-corrected chi connectivity index (χ3v) is 6.09. The topological polar surface area (TPSA) is 72.6 Å². The molecular formula is C16H20N2O4S. The molecule has 124 valence electrons. The Morgan fingerprint density at radius 1 is 1.26 bits per heavy atom. The fourth-order valence-corrected chi connectivity index (χ4v) is 4.44. The Bertz CT molecular complexity index is 777. The van der Waals surface area contributed by atoms with Crippen molar-refractivity contribution in [3.8, 4) is 5.88 Å². The van der Waals surface area contributed by atoms with E-state index in [1.54, 1.807) is 35.7 Å². The average molecular weight is 336 g/mol. The second-order valence-electron chi connectivity index (χ2n) is 5.77. The summed E-state index contributed by atoms with van der Waals surface area (Å²) in [6, 6.07) is 8.80. The summed E-state index contributed by atoms with van der Waals surface area (Å²) >= 11 is 0. The molecule has 0 N–H and O–H groups in total. The van der Waals surface area contributed by atoms with Crippen LogP contribution < -0.4 is 4.74 Å². The van der Waals surface area contributed by atoms with Gasteiger partial charge in [-0.2, -0.15) is 4.31 Å². The Labute approximate surface area is 136 Å². The van der Waals surface area contributed by atoms with Gasteiger partial charge in [0.1, 0.15) is 5.76 Å². The molecule has 0 amide bonds. The number of ether oxygens (including phenoxy) is 1. The predicted octanol–water partition coefficient (Wildman–Crippen LogP) is 2.56. The number of aromatic nitrogens is 1. The summed E-state index contributed by atoms with van der Waals surface area (Å²) in [6.45, 7) is 2.84. The van der Waals surface area contributed by atoms with Crippen molar-refractivity contribution >= 4 is 10.0 Å². The van der Waals surface area contributed by atoms with Gasteiger partial charge in [0, 0.05) is 25.1 Å². The maximum atomic E-state index is 12.7. The van der Waals surface area contributed by atoms with Gasteiger partial charge < -0.3 is 9.26 Å². The van der Waals surface area contributed by atoms with Gasteiger partial charge in [0.15, 0.2) is 0 Å². The van der Waals surface area contributed by atoms with Crippen LogP contribution in [0.3, 0.4) is 0 Å². The summed E-state index contributed by atoms with van der Waals surface area (Å²) in [5, 5.41) is 3.81. The highest BCUT2D eigenvalue weighted by atomic mass is 32.2. The number of piperidine rings is 1. The molecule has 1 saturated heterocycles. The third kappa shape index (κ3) is 3.25. The van der Waals surface area contributed by atoms with Crippen molar-refractivity contribution in [2.45, 2.75) is 30.6 Å². The first-order chi connectivity index (χ1) is 11.0. The fourth-order valence-electron chi connectivity index (χ4n) is 2.87. The van der Waals surface area contributed by atoms with Gasteiger partial charge in [-0.3, -0.25) is 0 Å². The van der Waals surface area contributed by atoms with E-state index in [0.29, 0.717) is 36.7 Å². The van der Waals surface area contributed by atoms with E-state index in [9.17, 15) is 8.42 Å². The zero-order valence-electron chi connectivity index (χ0n) is 13.2. The van der Waals surface area contributed by atoms with Crippen molar-refractivity contribution in [1.82, 2.24) is 9.46 Å². The lowest BCUT2D eigenvalue weighted by Gasteiger charge is -2.30. The van der Waals surface area contributed by atoms with E-state index in [1.165, 1.54) is 0 Å². The molecule has 1 aromatic carbocycles. The minimum atomic E-state index is -3.43. The van der Waals surface area contributed by atoms with Crippen molar-refractivity contribution in [3.63, 3.8) is 0 Å². The number of rotatable bonds is 4. The molecule has 3 rings (SSSR count). The second kappa shape index (κ2) is 6.33. The summed E-state index contributed by atoms with van der Waals surface area (Å²) < 4.78 is 37.2. The molecule has 0 saturated carbocycles. The molecule has 2 aromatic rings. The zero-order valence-corrected chi connectivity index (χ0v) is 14.0. The predicted molar refractivity (Wildman–Crippen MR) is 85.0 cm³/mol. The number of sulfonamides is 1. The average Bonchev–Trinajstić information content (AvgIpc) is 3.04. The van der Waals surface area contributed by atoms with E-state index in [4.69, 9.17) is 9.26 Å². The van der Waals surface area contributed by atoms with Gasteiger partial charge in [-0.15, -0.1) is 0 Å². The van der Waals surface area contributed by atoms with Gasteiger partial charge in [-0.05, 0) is 42.6 Å². The standard InChI is InChI=1S/C16H20N2O4S/c1-12-4-3-5-14(10-12)23(19,20)18-8-6-13(7-9-18)15-11-16(21-2)17-22-15/h3-5,10-11,13H,6-9H2,1-2H3. The largest absolute Gasteiger partial charge is 0.479 e. The van der Waals surface area contributed by atoms with Gasteiger partial charge in [0.25, 0.3) is 5.88 Å². The van der Waals surface area contributed by atoms with Gasteiger partial charge in [0.05, 0.1) is 12.0 Å². The first-order valence-electron chi connectivity index (χ1n) is 7.58. The Hall–Kier alpha value is -1.86. The molecule has 1 aliphatic rings. The molecule has 1 fully saturated rings. The number of methoxy groups -OCH3 is 1. The molecule has 0 unspecified atom stereocenters. The highest BCUT2D eigenvalue weighted by molar-refractivity contribution is 7.89. The van der Waals surface area contributed by atoms with Crippen LogP contribution in [-0.4, -0.2) is 38.1 Å². The molecule has 0 bridgehead atoms. The second-order valence-corrected chi connectivity index (χ2v) is 7.70. The lowest BCUT2D eigenvalue weighted by molar-refractivity contribution is 0.269. The quantitative estimate of drug-likeness (QED) is 0.858. The molecule has 0 radical (unpaired) electrons. The Morgan fingerprint density at radius 2 is 2.00 bits per heavy atom. The van der Waals surface area contributed by atoms with Crippen molar-refractivity contribution in [2.24, 2.45) is 0 Å². The molecule has 1 aliphatic heterocycles. The minimum Gasteiger partial charge on any atom is -0.479 e.